The fourth-order valence-electron chi connectivity index (χ4n) is 1.50. The van der Waals surface area contributed by atoms with E-state index in [0.29, 0.717) is 19.6 Å². The lowest BCUT2D eigenvalue weighted by Gasteiger charge is -2.27. The minimum Gasteiger partial charge on any atom is -0.469 e. The summed E-state index contributed by atoms with van der Waals surface area (Å²) >= 11 is 0. The summed E-state index contributed by atoms with van der Waals surface area (Å²) in [4.78, 5) is 26.3. The Balaban J connectivity index is 4.29. The molecule has 5 heteroatoms. The fourth-order valence-corrected chi connectivity index (χ4v) is 1.50. The van der Waals surface area contributed by atoms with Gasteiger partial charge in [-0.1, -0.05) is 6.92 Å². The number of carbonyl (C=O) groups is 2. The number of hydrogen-bond acceptors (Lipinski definition) is 3. The predicted octanol–water partition coefficient (Wildman–Crippen LogP) is 1.19. The zero-order valence-corrected chi connectivity index (χ0v) is 10.8. The van der Waals surface area contributed by atoms with Crippen molar-refractivity contribution in [3.8, 4) is 0 Å². The summed E-state index contributed by atoms with van der Waals surface area (Å²) in [6, 6.07) is -0.0549. The average molecular weight is 230 g/mol. The van der Waals surface area contributed by atoms with Crippen molar-refractivity contribution in [3.05, 3.63) is 0 Å². The Labute approximate surface area is 97.3 Å². The van der Waals surface area contributed by atoms with Gasteiger partial charge < -0.3 is 14.5 Å². The van der Waals surface area contributed by atoms with Gasteiger partial charge in [-0.25, -0.2) is 4.79 Å². The lowest BCUT2D eigenvalue weighted by Crippen LogP contribution is -2.43. The van der Waals surface area contributed by atoms with Crippen molar-refractivity contribution in [1.82, 2.24) is 9.80 Å². The van der Waals surface area contributed by atoms with Crippen molar-refractivity contribution in [2.24, 2.45) is 5.92 Å². The molecule has 0 aliphatic rings. The molecule has 0 fully saturated rings. The zero-order chi connectivity index (χ0) is 12.7. The van der Waals surface area contributed by atoms with Gasteiger partial charge in [-0.05, 0) is 13.8 Å². The van der Waals surface area contributed by atoms with Gasteiger partial charge in [0, 0.05) is 26.7 Å². The molecule has 0 saturated heterocycles. The number of amides is 2. The minimum absolute atomic E-state index is 0.0549. The van der Waals surface area contributed by atoms with Crippen LogP contribution in [0.5, 0.6) is 0 Å². The Morgan fingerprint density at radius 2 is 1.75 bits per heavy atom. The number of esters is 1. The molecule has 0 rings (SSSR count). The van der Waals surface area contributed by atoms with Crippen LogP contribution in [-0.2, 0) is 9.53 Å². The second-order valence-electron chi connectivity index (χ2n) is 3.76. The summed E-state index contributed by atoms with van der Waals surface area (Å²) in [6.45, 7) is 7.33. The third-order valence-corrected chi connectivity index (χ3v) is 2.51. The largest absolute Gasteiger partial charge is 0.469 e. The molecule has 0 heterocycles. The highest BCUT2D eigenvalue weighted by Crippen LogP contribution is 2.03. The van der Waals surface area contributed by atoms with Gasteiger partial charge in [-0.3, -0.25) is 4.79 Å². The highest BCUT2D eigenvalue weighted by molar-refractivity contribution is 5.76. The molecule has 0 spiro atoms. The van der Waals surface area contributed by atoms with Gasteiger partial charge >= 0.3 is 12.0 Å². The van der Waals surface area contributed by atoms with E-state index in [4.69, 9.17) is 0 Å². The quantitative estimate of drug-likeness (QED) is 0.667. The van der Waals surface area contributed by atoms with Crippen LogP contribution in [0, 0.1) is 5.92 Å². The van der Waals surface area contributed by atoms with Gasteiger partial charge in [-0.15, -0.1) is 0 Å². The van der Waals surface area contributed by atoms with Crippen molar-refractivity contribution in [2.75, 3.05) is 33.8 Å². The maximum Gasteiger partial charge on any atom is 0.319 e. The first kappa shape index (κ1) is 14.7. The molecule has 0 saturated carbocycles. The monoisotopic (exact) mass is 230 g/mol. The predicted molar refractivity (Wildman–Crippen MR) is 62.1 cm³/mol. The van der Waals surface area contributed by atoms with E-state index in [2.05, 4.69) is 4.74 Å². The van der Waals surface area contributed by atoms with E-state index in [9.17, 15) is 9.59 Å². The Kier molecular flexibility index (Phi) is 6.53. The van der Waals surface area contributed by atoms with Crippen LogP contribution in [0.1, 0.15) is 20.8 Å². The number of ether oxygens (including phenoxy) is 1. The van der Waals surface area contributed by atoms with Crippen LogP contribution < -0.4 is 0 Å². The molecule has 0 aromatic carbocycles. The second-order valence-corrected chi connectivity index (χ2v) is 3.76. The average Bonchev–Trinajstić information content (AvgIpc) is 2.29. The first-order chi connectivity index (χ1) is 7.47. The van der Waals surface area contributed by atoms with Crippen molar-refractivity contribution in [3.63, 3.8) is 0 Å². The molecule has 0 aliphatic carbocycles. The SMILES string of the molecule is CCN(CC)C(=O)N(C)CC(C)C(=O)OC. The summed E-state index contributed by atoms with van der Waals surface area (Å²) in [6.07, 6.45) is 0. The topological polar surface area (TPSA) is 49.9 Å². The van der Waals surface area contributed by atoms with Crippen LogP contribution in [0.3, 0.4) is 0 Å². The Morgan fingerprint density at radius 3 is 2.12 bits per heavy atom. The molecule has 0 N–H and O–H groups in total. The maximum absolute atomic E-state index is 11.9. The fraction of sp³-hybridized carbons (Fsp3) is 0.818. The molecule has 16 heavy (non-hydrogen) atoms. The smallest absolute Gasteiger partial charge is 0.319 e. The highest BCUT2D eigenvalue weighted by atomic mass is 16.5. The van der Waals surface area contributed by atoms with E-state index >= 15 is 0 Å². The van der Waals surface area contributed by atoms with Gasteiger partial charge in [0.25, 0.3) is 0 Å². The molecule has 0 bridgehead atoms. The minimum atomic E-state index is -0.297. The van der Waals surface area contributed by atoms with E-state index in [0.717, 1.165) is 0 Å². The normalized spacial score (nSPS) is 11.8. The third-order valence-electron chi connectivity index (χ3n) is 2.51. The van der Waals surface area contributed by atoms with Gasteiger partial charge in [0.2, 0.25) is 0 Å². The van der Waals surface area contributed by atoms with Crippen LogP contribution in [-0.4, -0.2) is 55.6 Å². The molecule has 0 radical (unpaired) electrons. The third kappa shape index (κ3) is 4.08. The molecule has 2 amide bonds. The molecular formula is C11H22N2O3. The van der Waals surface area contributed by atoms with Crippen molar-refractivity contribution >= 4 is 12.0 Å². The number of carbonyl (C=O) groups excluding carboxylic acids is 2. The molecule has 94 valence electrons. The van der Waals surface area contributed by atoms with E-state index in [-0.39, 0.29) is 17.9 Å². The second kappa shape index (κ2) is 7.09. The molecule has 0 aliphatic heterocycles. The van der Waals surface area contributed by atoms with E-state index in [1.165, 1.54) is 7.11 Å². The van der Waals surface area contributed by atoms with Crippen LogP contribution in [0.2, 0.25) is 0 Å². The lowest BCUT2D eigenvalue weighted by atomic mass is 10.2. The van der Waals surface area contributed by atoms with E-state index in [1.54, 1.807) is 23.8 Å². The summed E-state index contributed by atoms with van der Waals surface area (Å²) in [5.41, 5.74) is 0. The van der Waals surface area contributed by atoms with Crippen molar-refractivity contribution in [2.45, 2.75) is 20.8 Å². The van der Waals surface area contributed by atoms with Gasteiger partial charge in [-0.2, -0.15) is 0 Å². The number of nitrogens with zero attached hydrogens (tertiary/aromatic N) is 2. The first-order valence-corrected chi connectivity index (χ1v) is 5.55. The van der Waals surface area contributed by atoms with E-state index < -0.39 is 0 Å². The summed E-state index contributed by atoms with van der Waals surface area (Å²) in [7, 11) is 3.05. The molecule has 0 aromatic rings. The van der Waals surface area contributed by atoms with Gasteiger partial charge in [0.1, 0.15) is 0 Å². The number of urea groups is 1. The zero-order valence-electron chi connectivity index (χ0n) is 10.8. The Bertz CT molecular complexity index is 239. The number of methoxy groups -OCH3 is 1. The Morgan fingerprint density at radius 1 is 1.25 bits per heavy atom. The molecule has 0 aromatic heterocycles. The molecule has 1 unspecified atom stereocenters. The van der Waals surface area contributed by atoms with E-state index in [1.807, 2.05) is 13.8 Å². The number of hydrogen-bond donors (Lipinski definition) is 0. The van der Waals surface area contributed by atoms with Gasteiger partial charge in [0.15, 0.2) is 0 Å². The van der Waals surface area contributed by atoms with Crippen molar-refractivity contribution in [1.29, 1.82) is 0 Å². The first-order valence-electron chi connectivity index (χ1n) is 5.55. The maximum atomic E-state index is 11.9. The molecular weight excluding hydrogens is 208 g/mol. The van der Waals surface area contributed by atoms with Crippen LogP contribution in [0.15, 0.2) is 0 Å². The molecule has 1 atom stereocenters. The van der Waals surface area contributed by atoms with Crippen molar-refractivity contribution < 1.29 is 14.3 Å². The van der Waals surface area contributed by atoms with Gasteiger partial charge in [0.05, 0.1) is 13.0 Å². The Hall–Kier alpha value is -1.26. The lowest BCUT2D eigenvalue weighted by molar-refractivity contribution is -0.145. The molecule has 5 nitrogen and oxygen atoms in total. The van der Waals surface area contributed by atoms with Crippen LogP contribution >= 0.6 is 0 Å². The van der Waals surface area contributed by atoms with Crippen LogP contribution in [0.25, 0.3) is 0 Å². The van der Waals surface area contributed by atoms with Crippen LogP contribution in [0.4, 0.5) is 4.79 Å². The summed E-state index contributed by atoms with van der Waals surface area (Å²) in [5.74, 6) is -0.589. The summed E-state index contributed by atoms with van der Waals surface area (Å²) < 4.78 is 4.62. The summed E-state index contributed by atoms with van der Waals surface area (Å²) in [5, 5.41) is 0. The number of rotatable bonds is 5. The highest BCUT2D eigenvalue weighted by Gasteiger charge is 2.20. The standard InChI is InChI=1S/C11H22N2O3/c1-6-13(7-2)11(15)12(4)8-9(3)10(14)16-5/h9H,6-8H2,1-5H3.